The molecule has 0 aromatic heterocycles. The second kappa shape index (κ2) is 7.80. The summed E-state index contributed by atoms with van der Waals surface area (Å²) < 4.78 is 5.73. The minimum atomic E-state index is -0.478. The smallest absolute Gasteiger partial charge is 0.261 e. The van der Waals surface area contributed by atoms with Crippen LogP contribution in [0.2, 0.25) is 5.02 Å². The highest BCUT2D eigenvalue weighted by molar-refractivity contribution is 7.99. The molecule has 2 aromatic rings. The Labute approximate surface area is 162 Å². The lowest BCUT2D eigenvalue weighted by molar-refractivity contribution is -0.127. The fourth-order valence-corrected chi connectivity index (χ4v) is 4.41. The highest BCUT2D eigenvalue weighted by atomic mass is 35.5. The Kier molecular flexibility index (Phi) is 5.27. The van der Waals surface area contributed by atoms with Gasteiger partial charge in [-0.05, 0) is 41.5 Å². The van der Waals surface area contributed by atoms with Crippen LogP contribution in [0.5, 0.6) is 5.75 Å². The van der Waals surface area contributed by atoms with Crippen molar-refractivity contribution in [1.82, 2.24) is 5.32 Å². The van der Waals surface area contributed by atoms with Crippen LogP contribution in [-0.4, -0.2) is 36.6 Å². The monoisotopic (exact) mass is 388 g/mol. The maximum absolute atomic E-state index is 12.4. The summed E-state index contributed by atoms with van der Waals surface area (Å²) >= 11 is 8.01. The van der Waals surface area contributed by atoms with Gasteiger partial charge in [-0.3, -0.25) is 4.79 Å². The van der Waals surface area contributed by atoms with E-state index in [1.54, 1.807) is 6.07 Å². The van der Waals surface area contributed by atoms with E-state index < -0.39 is 6.10 Å². The topological polar surface area (TPSA) is 41.6 Å². The third kappa shape index (κ3) is 3.94. The van der Waals surface area contributed by atoms with Gasteiger partial charge in [0.15, 0.2) is 6.10 Å². The number of nitrogens with one attached hydrogen (secondary N) is 1. The molecule has 1 saturated heterocycles. The molecule has 6 heteroatoms. The van der Waals surface area contributed by atoms with Crippen LogP contribution in [0.25, 0.3) is 0 Å². The second-order valence-electron chi connectivity index (χ2n) is 6.55. The van der Waals surface area contributed by atoms with Crippen molar-refractivity contribution in [3.8, 4) is 5.75 Å². The van der Waals surface area contributed by atoms with Crippen molar-refractivity contribution < 1.29 is 9.53 Å². The van der Waals surface area contributed by atoms with Crippen LogP contribution < -0.4 is 15.0 Å². The fraction of sp³-hybridized carbons (Fsp3) is 0.350. The zero-order valence-electron chi connectivity index (χ0n) is 14.4. The molecule has 1 N–H and O–H groups in total. The zero-order chi connectivity index (χ0) is 17.9. The van der Waals surface area contributed by atoms with Gasteiger partial charge in [-0.15, -0.1) is 0 Å². The molecule has 0 aliphatic carbocycles. The Morgan fingerprint density at radius 3 is 2.73 bits per heavy atom. The summed E-state index contributed by atoms with van der Waals surface area (Å²) in [5, 5.41) is 3.64. The van der Waals surface area contributed by atoms with E-state index in [0.717, 1.165) is 30.0 Å². The van der Waals surface area contributed by atoms with Gasteiger partial charge in [-0.1, -0.05) is 23.7 Å². The average molecular weight is 389 g/mol. The Hall–Kier alpha value is -1.85. The molecule has 26 heavy (non-hydrogen) atoms. The minimum Gasteiger partial charge on any atom is -0.480 e. The van der Waals surface area contributed by atoms with Gasteiger partial charge >= 0.3 is 0 Å². The maximum atomic E-state index is 12.4. The number of carbonyl (C=O) groups is 1. The molecule has 2 aromatic carbocycles. The van der Waals surface area contributed by atoms with E-state index in [0.29, 0.717) is 18.0 Å². The summed E-state index contributed by atoms with van der Waals surface area (Å²) in [6, 6.07) is 13.9. The van der Waals surface area contributed by atoms with Crippen molar-refractivity contribution in [2.75, 3.05) is 29.5 Å². The predicted octanol–water partition coefficient (Wildman–Crippen LogP) is 3.51. The van der Waals surface area contributed by atoms with E-state index in [9.17, 15) is 4.79 Å². The zero-order valence-corrected chi connectivity index (χ0v) is 16.0. The Balaban J connectivity index is 1.31. The number of hydrogen-bond acceptors (Lipinski definition) is 4. The number of thioether (sulfide) groups is 1. The summed E-state index contributed by atoms with van der Waals surface area (Å²) in [7, 11) is 0. The third-order valence-corrected chi connectivity index (χ3v) is 5.95. The molecule has 0 unspecified atom stereocenters. The standard InChI is InChI=1S/C20H21ClN2O2S/c21-16-3-6-18-15(11-16)12-19(25-18)20(24)22-13-14-1-4-17(5-2-14)23-7-9-26-10-8-23/h1-6,11,19H,7-10,12-13H2,(H,22,24)/t19-/m1/s1. The molecule has 1 amide bonds. The molecule has 0 radical (unpaired) electrons. The Morgan fingerprint density at radius 1 is 1.19 bits per heavy atom. The van der Waals surface area contributed by atoms with Gasteiger partial charge in [-0.2, -0.15) is 11.8 Å². The second-order valence-corrected chi connectivity index (χ2v) is 8.21. The van der Waals surface area contributed by atoms with E-state index in [4.69, 9.17) is 16.3 Å². The van der Waals surface area contributed by atoms with Crippen molar-refractivity contribution in [2.45, 2.75) is 19.1 Å². The van der Waals surface area contributed by atoms with Gasteiger partial charge in [0, 0.05) is 48.3 Å². The van der Waals surface area contributed by atoms with Crippen LogP contribution >= 0.6 is 23.4 Å². The van der Waals surface area contributed by atoms with Crippen LogP contribution in [0.3, 0.4) is 0 Å². The number of halogens is 1. The van der Waals surface area contributed by atoms with Crippen LogP contribution in [-0.2, 0) is 17.8 Å². The number of anilines is 1. The van der Waals surface area contributed by atoms with Crippen LogP contribution in [0.1, 0.15) is 11.1 Å². The van der Waals surface area contributed by atoms with E-state index in [1.165, 1.54) is 17.2 Å². The van der Waals surface area contributed by atoms with Crippen LogP contribution in [0.4, 0.5) is 5.69 Å². The van der Waals surface area contributed by atoms with E-state index in [1.807, 2.05) is 23.9 Å². The summed E-state index contributed by atoms with van der Waals surface area (Å²) in [5.41, 5.74) is 3.33. The lowest BCUT2D eigenvalue weighted by atomic mass is 10.1. The first kappa shape index (κ1) is 17.6. The molecule has 0 bridgehead atoms. The first-order valence-electron chi connectivity index (χ1n) is 8.83. The van der Waals surface area contributed by atoms with Gasteiger partial charge in [0.25, 0.3) is 5.91 Å². The molecular weight excluding hydrogens is 368 g/mol. The molecule has 2 aliphatic heterocycles. The van der Waals surface area contributed by atoms with Gasteiger partial charge in [0.2, 0.25) is 0 Å². The first-order valence-corrected chi connectivity index (χ1v) is 10.4. The number of ether oxygens (including phenoxy) is 1. The molecule has 1 fully saturated rings. The van der Waals surface area contributed by atoms with Crippen molar-refractivity contribution >= 4 is 35.0 Å². The average Bonchev–Trinajstić information content (AvgIpc) is 3.10. The number of carbonyl (C=O) groups excluding carboxylic acids is 1. The number of amides is 1. The summed E-state index contributed by atoms with van der Waals surface area (Å²) in [6.45, 7) is 2.71. The third-order valence-electron chi connectivity index (χ3n) is 4.77. The molecule has 2 aliphatic rings. The number of fused-ring (bicyclic) bond motifs is 1. The van der Waals surface area contributed by atoms with Crippen molar-refractivity contribution in [3.05, 3.63) is 58.6 Å². The molecule has 136 valence electrons. The Bertz CT molecular complexity index is 791. The normalized spacial score (nSPS) is 19.0. The lowest BCUT2D eigenvalue weighted by Gasteiger charge is -2.28. The SMILES string of the molecule is O=C(NCc1ccc(N2CCSCC2)cc1)[C@H]1Cc2cc(Cl)ccc2O1. The summed E-state index contributed by atoms with van der Waals surface area (Å²) in [5.74, 6) is 3.03. The molecule has 1 atom stereocenters. The molecule has 4 nitrogen and oxygen atoms in total. The van der Waals surface area contributed by atoms with Crippen LogP contribution in [0, 0.1) is 0 Å². The van der Waals surface area contributed by atoms with E-state index >= 15 is 0 Å². The quantitative estimate of drug-likeness (QED) is 0.870. The van der Waals surface area contributed by atoms with Gasteiger partial charge in [-0.25, -0.2) is 0 Å². The van der Waals surface area contributed by atoms with Crippen LogP contribution in [0.15, 0.2) is 42.5 Å². The predicted molar refractivity (Wildman–Crippen MR) is 107 cm³/mol. The number of nitrogens with zero attached hydrogens (tertiary/aromatic N) is 1. The number of hydrogen-bond donors (Lipinski definition) is 1. The van der Waals surface area contributed by atoms with Gasteiger partial charge in [0.05, 0.1) is 0 Å². The maximum Gasteiger partial charge on any atom is 0.261 e. The largest absolute Gasteiger partial charge is 0.480 e. The van der Waals surface area contributed by atoms with Crippen molar-refractivity contribution in [2.24, 2.45) is 0 Å². The lowest BCUT2D eigenvalue weighted by Crippen LogP contribution is -2.37. The van der Waals surface area contributed by atoms with E-state index in [2.05, 4.69) is 34.5 Å². The number of benzene rings is 2. The molecule has 2 heterocycles. The first-order chi connectivity index (χ1) is 12.7. The Morgan fingerprint density at radius 2 is 1.96 bits per heavy atom. The molecule has 0 saturated carbocycles. The van der Waals surface area contributed by atoms with E-state index in [-0.39, 0.29) is 5.91 Å². The summed E-state index contributed by atoms with van der Waals surface area (Å²) in [4.78, 5) is 14.8. The van der Waals surface area contributed by atoms with Crippen molar-refractivity contribution in [1.29, 1.82) is 0 Å². The molecule has 4 rings (SSSR count). The number of rotatable bonds is 4. The van der Waals surface area contributed by atoms with Gasteiger partial charge in [0.1, 0.15) is 5.75 Å². The highest BCUT2D eigenvalue weighted by Crippen LogP contribution is 2.31. The van der Waals surface area contributed by atoms with Crippen molar-refractivity contribution in [3.63, 3.8) is 0 Å². The summed E-state index contributed by atoms with van der Waals surface area (Å²) in [6.07, 6.45) is 0.0850. The van der Waals surface area contributed by atoms with Gasteiger partial charge < -0.3 is 15.0 Å². The highest BCUT2D eigenvalue weighted by Gasteiger charge is 2.29. The molecular formula is C20H21ClN2O2S. The minimum absolute atomic E-state index is 0.0885. The molecule has 0 spiro atoms. The fourth-order valence-electron chi connectivity index (χ4n) is 3.31.